The standard InChI is InChI=1S/C6H10Cl3NO3/c1-3(2)13-5(12)10-4(11)6(7,8)9/h3-4,11H,1-2H3,(H,10,12). The number of carbonyl (C=O) groups is 1. The van der Waals surface area contributed by atoms with Crippen molar-refractivity contribution >= 4 is 40.9 Å². The van der Waals surface area contributed by atoms with Gasteiger partial charge in [0.05, 0.1) is 6.10 Å². The molecule has 0 aromatic carbocycles. The van der Waals surface area contributed by atoms with Gasteiger partial charge in [-0.2, -0.15) is 0 Å². The molecule has 1 amide bonds. The van der Waals surface area contributed by atoms with E-state index in [2.05, 4.69) is 4.74 Å². The lowest BCUT2D eigenvalue weighted by Gasteiger charge is -2.20. The Morgan fingerprint density at radius 3 is 2.23 bits per heavy atom. The Kier molecular flexibility index (Phi) is 5.14. The second-order valence-electron chi connectivity index (χ2n) is 2.54. The van der Waals surface area contributed by atoms with E-state index in [1.165, 1.54) is 0 Å². The summed E-state index contributed by atoms with van der Waals surface area (Å²) in [5.74, 6) is 0. The first kappa shape index (κ1) is 13.1. The first-order valence-corrected chi connectivity index (χ1v) is 4.59. The Hall–Kier alpha value is 0.1000. The number of alkyl carbamates (subject to hydrolysis) is 1. The molecule has 0 aromatic rings. The van der Waals surface area contributed by atoms with Crippen molar-refractivity contribution in [3.05, 3.63) is 0 Å². The van der Waals surface area contributed by atoms with Crippen LogP contribution in [0, 0.1) is 0 Å². The molecule has 0 aromatic heterocycles. The number of ether oxygens (including phenoxy) is 1. The predicted octanol–water partition coefficient (Wildman–Crippen LogP) is 1.81. The van der Waals surface area contributed by atoms with Crippen LogP contribution < -0.4 is 5.32 Å². The molecule has 0 saturated carbocycles. The number of hydrogen-bond donors (Lipinski definition) is 2. The lowest BCUT2D eigenvalue weighted by Crippen LogP contribution is -2.44. The van der Waals surface area contributed by atoms with Gasteiger partial charge in [0.25, 0.3) is 0 Å². The zero-order chi connectivity index (χ0) is 10.6. The second-order valence-corrected chi connectivity index (χ2v) is 4.91. The van der Waals surface area contributed by atoms with Crippen molar-refractivity contribution < 1.29 is 14.6 Å². The molecule has 13 heavy (non-hydrogen) atoms. The minimum atomic E-state index is -1.96. The molecule has 4 nitrogen and oxygen atoms in total. The third kappa shape index (κ3) is 6.21. The number of carbonyl (C=O) groups excluding carboxylic acids is 1. The number of aliphatic hydroxyl groups excluding tert-OH is 1. The van der Waals surface area contributed by atoms with Crippen LogP contribution in [0.4, 0.5) is 4.79 Å². The minimum absolute atomic E-state index is 0.303. The molecule has 1 unspecified atom stereocenters. The summed E-state index contributed by atoms with van der Waals surface area (Å²) in [5, 5.41) is 11.0. The summed E-state index contributed by atoms with van der Waals surface area (Å²) < 4.78 is 2.67. The average molecular weight is 251 g/mol. The van der Waals surface area contributed by atoms with Crippen molar-refractivity contribution in [3.63, 3.8) is 0 Å². The Bertz CT molecular complexity index is 180. The lowest BCUT2D eigenvalue weighted by molar-refractivity contribution is 0.0823. The molecule has 0 fully saturated rings. The highest BCUT2D eigenvalue weighted by Crippen LogP contribution is 2.28. The summed E-state index contributed by atoms with van der Waals surface area (Å²) in [6, 6.07) is 0. The maximum atomic E-state index is 10.8. The lowest BCUT2D eigenvalue weighted by atomic mass is 10.5. The first-order valence-electron chi connectivity index (χ1n) is 3.45. The van der Waals surface area contributed by atoms with Gasteiger partial charge in [0.2, 0.25) is 3.79 Å². The van der Waals surface area contributed by atoms with E-state index >= 15 is 0 Å². The Labute approximate surface area is 91.1 Å². The van der Waals surface area contributed by atoms with Crippen LogP contribution >= 0.6 is 34.8 Å². The molecule has 0 rings (SSSR count). The zero-order valence-electron chi connectivity index (χ0n) is 7.05. The molecule has 0 radical (unpaired) electrons. The van der Waals surface area contributed by atoms with E-state index in [0.717, 1.165) is 0 Å². The van der Waals surface area contributed by atoms with Gasteiger partial charge in [0.15, 0.2) is 6.23 Å². The van der Waals surface area contributed by atoms with E-state index in [0.29, 0.717) is 0 Å². The summed E-state index contributed by atoms with van der Waals surface area (Å²) in [5.41, 5.74) is 0. The smallest absolute Gasteiger partial charge is 0.409 e. The Balaban J connectivity index is 3.93. The highest BCUT2D eigenvalue weighted by Gasteiger charge is 2.32. The fraction of sp³-hybridized carbons (Fsp3) is 0.833. The maximum absolute atomic E-state index is 10.8. The third-order valence-electron chi connectivity index (χ3n) is 0.907. The molecule has 7 heteroatoms. The van der Waals surface area contributed by atoms with Crippen LogP contribution in [0.3, 0.4) is 0 Å². The monoisotopic (exact) mass is 249 g/mol. The van der Waals surface area contributed by atoms with Gasteiger partial charge < -0.3 is 9.84 Å². The van der Waals surface area contributed by atoms with Crippen LogP contribution in [-0.4, -0.2) is 27.3 Å². The fourth-order valence-corrected chi connectivity index (χ4v) is 0.605. The van der Waals surface area contributed by atoms with Gasteiger partial charge in [-0.15, -0.1) is 0 Å². The van der Waals surface area contributed by atoms with Gasteiger partial charge in [-0.3, -0.25) is 5.32 Å². The van der Waals surface area contributed by atoms with Crippen molar-refractivity contribution in [2.24, 2.45) is 0 Å². The quantitative estimate of drug-likeness (QED) is 0.580. The highest BCUT2D eigenvalue weighted by molar-refractivity contribution is 6.68. The normalized spacial score (nSPS) is 14.1. The van der Waals surface area contributed by atoms with Gasteiger partial charge in [-0.1, -0.05) is 34.8 Å². The Morgan fingerprint density at radius 1 is 1.46 bits per heavy atom. The average Bonchev–Trinajstić information content (AvgIpc) is 1.82. The van der Waals surface area contributed by atoms with E-state index in [4.69, 9.17) is 39.9 Å². The van der Waals surface area contributed by atoms with Crippen molar-refractivity contribution in [2.75, 3.05) is 0 Å². The molecule has 1 atom stereocenters. The molecule has 78 valence electrons. The van der Waals surface area contributed by atoms with Crippen molar-refractivity contribution in [1.82, 2.24) is 5.32 Å². The van der Waals surface area contributed by atoms with Crippen molar-refractivity contribution in [2.45, 2.75) is 30.0 Å². The summed E-state index contributed by atoms with van der Waals surface area (Å²) in [4.78, 5) is 10.8. The Morgan fingerprint density at radius 2 is 1.92 bits per heavy atom. The molecule has 2 N–H and O–H groups in total. The van der Waals surface area contributed by atoms with Crippen LogP contribution in [0.2, 0.25) is 0 Å². The van der Waals surface area contributed by atoms with Gasteiger partial charge in [-0.05, 0) is 13.8 Å². The van der Waals surface area contributed by atoms with Crippen LogP contribution in [0.25, 0.3) is 0 Å². The van der Waals surface area contributed by atoms with E-state index in [-0.39, 0.29) is 6.10 Å². The maximum Gasteiger partial charge on any atom is 0.409 e. The molecule has 0 saturated heterocycles. The molecule has 0 aliphatic carbocycles. The van der Waals surface area contributed by atoms with Crippen LogP contribution in [0.15, 0.2) is 0 Å². The number of rotatable bonds is 2. The van der Waals surface area contributed by atoms with Gasteiger partial charge in [0, 0.05) is 0 Å². The number of amides is 1. The fourth-order valence-electron chi connectivity index (χ4n) is 0.442. The summed E-state index contributed by atoms with van der Waals surface area (Å²) in [6.45, 7) is 3.31. The molecule has 0 heterocycles. The summed E-state index contributed by atoms with van der Waals surface area (Å²) in [6.07, 6.45) is -2.74. The molecule has 0 aliphatic rings. The predicted molar refractivity (Wildman–Crippen MR) is 51.0 cm³/mol. The molecule has 0 spiro atoms. The van der Waals surface area contributed by atoms with Crippen LogP contribution in [-0.2, 0) is 4.74 Å². The topological polar surface area (TPSA) is 58.6 Å². The molecule has 0 aliphatic heterocycles. The third-order valence-corrected chi connectivity index (χ3v) is 1.53. The number of aliphatic hydroxyl groups is 1. The minimum Gasteiger partial charge on any atom is -0.447 e. The summed E-state index contributed by atoms with van der Waals surface area (Å²) >= 11 is 15.8. The largest absolute Gasteiger partial charge is 0.447 e. The van der Waals surface area contributed by atoms with Gasteiger partial charge >= 0.3 is 6.09 Å². The van der Waals surface area contributed by atoms with Crippen LogP contribution in [0.5, 0.6) is 0 Å². The zero-order valence-corrected chi connectivity index (χ0v) is 9.32. The number of halogens is 3. The highest BCUT2D eigenvalue weighted by atomic mass is 35.6. The number of hydrogen-bond acceptors (Lipinski definition) is 3. The van der Waals surface area contributed by atoms with E-state index in [1.54, 1.807) is 13.8 Å². The van der Waals surface area contributed by atoms with Crippen LogP contribution in [0.1, 0.15) is 13.8 Å². The molecule has 0 bridgehead atoms. The number of alkyl halides is 3. The van der Waals surface area contributed by atoms with Crippen molar-refractivity contribution in [3.8, 4) is 0 Å². The van der Waals surface area contributed by atoms with E-state index in [9.17, 15) is 4.79 Å². The van der Waals surface area contributed by atoms with Gasteiger partial charge in [0.1, 0.15) is 0 Å². The molecular weight excluding hydrogens is 240 g/mol. The summed E-state index contributed by atoms with van der Waals surface area (Å²) in [7, 11) is 0. The van der Waals surface area contributed by atoms with Crippen molar-refractivity contribution in [1.29, 1.82) is 0 Å². The van der Waals surface area contributed by atoms with E-state index in [1.807, 2.05) is 5.32 Å². The van der Waals surface area contributed by atoms with E-state index < -0.39 is 16.1 Å². The second kappa shape index (κ2) is 5.10. The van der Waals surface area contributed by atoms with Gasteiger partial charge in [-0.25, -0.2) is 4.79 Å². The first-order chi connectivity index (χ1) is 5.73. The number of nitrogens with one attached hydrogen (secondary N) is 1. The molecular formula is C6H10Cl3NO3. The SMILES string of the molecule is CC(C)OC(=O)NC(O)C(Cl)(Cl)Cl.